The summed E-state index contributed by atoms with van der Waals surface area (Å²) in [6, 6.07) is 12.3. The van der Waals surface area contributed by atoms with Crippen molar-refractivity contribution in [3.63, 3.8) is 0 Å². The number of nitrogens with zero attached hydrogens (tertiary/aromatic N) is 1. The molecule has 1 N–H and O–H groups in total. The van der Waals surface area contributed by atoms with Gasteiger partial charge in [-0.1, -0.05) is 12.1 Å². The molecule has 0 aromatic heterocycles. The molecular formula is C23H30N2O5S. The first kappa shape index (κ1) is 23.1. The molecular weight excluding hydrogens is 416 g/mol. The molecule has 2 aromatic carbocycles. The number of methoxy groups -OCH3 is 1. The predicted octanol–water partition coefficient (Wildman–Crippen LogP) is 2.91. The van der Waals surface area contributed by atoms with Crippen molar-refractivity contribution >= 4 is 15.9 Å². The lowest BCUT2D eigenvalue weighted by Crippen LogP contribution is -2.45. The molecule has 0 radical (unpaired) electrons. The maximum Gasteiger partial charge on any atom is 0.243 e. The number of aryl methyl sites for hydroxylation is 2. The van der Waals surface area contributed by atoms with Gasteiger partial charge in [-0.15, -0.1) is 0 Å². The van der Waals surface area contributed by atoms with Gasteiger partial charge in [-0.2, -0.15) is 4.31 Å². The van der Waals surface area contributed by atoms with E-state index in [-0.39, 0.29) is 23.3 Å². The van der Waals surface area contributed by atoms with Crippen LogP contribution in [0.3, 0.4) is 0 Å². The van der Waals surface area contributed by atoms with Crippen LogP contribution in [0.1, 0.15) is 24.0 Å². The molecule has 7 nitrogen and oxygen atoms in total. The number of hydrogen-bond acceptors (Lipinski definition) is 5. The molecule has 0 bridgehead atoms. The Balaban J connectivity index is 1.53. The van der Waals surface area contributed by atoms with E-state index in [4.69, 9.17) is 9.47 Å². The summed E-state index contributed by atoms with van der Waals surface area (Å²) >= 11 is 0. The first-order valence-electron chi connectivity index (χ1n) is 10.4. The Kier molecular flexibility index (Phi) is 7.56. The van der Waals surface area contributed by atoms with Gasteiger partial charge in [0.25, 0.3) is 0 Å². The largest absolute Gasteiger partial charge is 0.497 e. The van der Waals surface area contributed by atoms with E-state index < -0.39 is 10.0 Å². The highest BCUT2D eigenvalue weighted by Gasteiger charge is 2.33. The van der Waals surface area contributed by atoms with Crippen LogP contribution in [0.2, 0.25) is 0 Å². The first-order chi connectivity index (χ1) is 14.8. The third-order valence-corrected chi connectivity index (χ3v) is 7.33. The molecule has 2 aromatic rings. The number of hydrogen-bond donors (Lipinski definition) is 1. The second kappa shape index (κ2) is 10.2. The minimum atomic E-state index is -3.65. The van der Waals surface area contributed by atoms with E-state index in [9.17, 15) is 13.2 Å². The number of nitrogens with one attached hydrogen (secondary N) is 1. The zero-order valence-corrected chi connectivity index (χ0v) is 19.1. The summed E-state index contributed by atoms with van der Waals surface area (Å²) in [4.78, 5) is 12.8. The van der Waals surface area contributed by atoms with Crippen molar-refractivity contribution in [2.75, 3.05) is 33.4 Å². The van der Waals surface area contributed by atoms with E-state index in [1.807, 2.05) is 32.0 Å². The molecule has 8 heteroatoms. The fourth-order valence-electron chi connectivity index (χ4n) is 3.61. The summed E-state index contributed by atoms with van der Waals surface area (Å²) in [5.41, 5.74) is 2.16. The van der Waals surface area contributed by atoms with E-state index in [2.05, 4.69) is 5.32 Å². The normalized spacial score (nSPS) is 17.2. The van der Waals surface area contributed by atoms with Crippen molar-refractivity contribution in [1.29, 1.82) is 0 Å². The monoisotopic (exact) mass is 446 g/mol. The van der Waals surface area contributed by atoms with Crippen LogP contribution in [0.5, 0.6) is 11.5 Å². The molecule has 1 atom stereocenters. The Morgan fingerprint density at radius 3 is 2.61 bits per heavy atom. The summed E-state index contributed by atoms with van der Waals surface area (Å²) in [6.07, 6.45) is 1.31. The van der Waals surface area contributed by atoms with Gasteiger partial charge in [0.05, 0.1) is 24.5 Å². The molecule has 1 aliphatic heterocycles. The fourth-order valence-corrected chi connectivity index (χ4v) is 5.14. The van der Waals surface area contributed by atoms with Crippen LogP contribution < -0.4 is 14.8 Å². The number of benzene rings is 2. The van der Waals surface area contributed by atoms with Crippen molar-refractivity contribution in [2.45, 2.75) is 31.6 Å². The van der Waals surface area contributed by atoms with Crippen LogP contribution in [-0.2, 0) is 14.8 Å². The number of amides is 1. The van der Waals surface area contributed by atoms with Gasteiger partial charge < -0.3 is 14.8 Å². The number of rotatable bonds is 8. The molecule has 1 aliphatic rings. The Labute approximate surface area is 184 Å². The van der Waals surface area contributed by atoms with Crippen molar-refractivity contribution in [3.8, 4) is 11.5 Å². The topological polar surface area (TPSA) is 84.9 Å². The van der Waals surface area contributed by atoms with Crippen LogP contribution in [0.25, 0.3) is 0 Å². The maximum absolute atomic E-state index is 13.0. The molecule has 0 spiro atoms. The predicted molar refractivity (Wildman–Crippen MR) is 119 cm³/mol. The average molecular weight is 447 g/mol. The Morgan fingerprint density at radius 1 is 1.16 bits per heavy atom. The van der Waals surface area contributed by atoms with Gasteiger partial charge in [-0.3, -0.25) is 4.79 Å². The van der Waals surface area contributed by atoms with E-state index >= 15 is 0 Å². The highest BCUT2D eigenvalue weighted by atomic mass is 32.2. The third kappa shape index (κ3) is 5.77. The zero-order valence-electron chi connectivity index (χ0n) is 18.3. The van der Waals surface area contributed by atoms with Crippen LogP contribution in [0.4, 0.5) is 0 Å². The van der Waals surface area contributed by atoms with Crippen LogP contribution in [0, 0.1) is 19.8 Å². The first-order valence-corrected chi connectivity index (χ1v) is 11.9. The van der Waals surface area contributed by atoms with Crippen molar-refractivity contribution in [3.05, 3.63) is 53.6 Å². The molecule has 0 saturated carbocycles. The Hall–Kier alpha value is -2.58. The zero-order chi connectivity index (χ0) is 22.4. The summed E-state index contributed by atoms with van der Waals surface area (Å²) in [6.45, 7) is 5.30. The highest BCUT2D eigenvalue weighted by Crippen LogP contribution is 2.25. The Bertz CT molecular complexity index is 1010. The number of sulfonamides is 1. The van der Waals surface area contributed by atoms with E-state index in [0.29, 0.717) is 38.3 Å². The van der Waals surface area contributed by atoms with Crippen molar-refractivity contribution in [1.82, 2.24) is 9.62 Å². The van der Waals surface area contributed by atoms with Gasteiger partial charge in [0.1, 0.15) is 18.1 Å². The summed E-state index contributed by atoms with van der Waals surface area (Å²) in [5, 5.41) is 2.88. The van der Waals surface area contributed by atoms with E-state index in [0.717, 1.165) is 16.9 Å². The van der Waals surface area contributed by atoms with E-state index in [1.54, 1.807) is 12.1 Å². The van der Waals surface area contributed by atoms with Gasteiger partial charge in [0.15, 0.2) is 0 Å². The molecule has 31 heavy (non-hydrogen) atoms. The molecule has 1 amide bonds. The molecule has 1 fully saturated rings. The van der Waals surface area contributed by atoms with E-state index in [1.165, 1.54) is 23.5 Å². The number of carbonyl (C=O) groups excluding carboxylic acids is 1. The van der Waals surface area contributed by atoms with Crippen LogP contribution in [-0.4, -0.2) is 52.0 Å². The van der Waals surface area contributed by atoms with Gasteiger partial charge in [0.2, 0.25) is 15.9 Å². The second-order valence-electron chi connectivity index (χ2n) is 7.79. The SMILES string of the molecule is COc1ccc(S(=O)(=O)N2CCC[C@H](C(=O)NCCOc3cc(C)ccc3C)C2)cc1. The smallest absolute Gasteiger partial charge is 0.243 e. The molecule has 3 rings (SSSR count). The third-order valence-electron chi connectivity index (χ3n) is 5.45. The number of ether oxygens (including phenoxy) is 2. The van der Waals surface area contributed by atoms with Crippen molar-refractivity contribution in [2.24, 2.45) is 5.92 Å². The Morgan fingerprint density at radius 2 is 1.90 bits per heavy atom. The molecule has 0 unspecified atom stereocenters. The lowest BCUT2D eigenvalue weighted by atomic mass is 9.99. The lowest BCUT2D eigenvalue weighted by molar-refractivity contribution is -0.126. The average Bonchev–Trinajstić information content (AvgIpc) is 2.78. The molecule has 0 aliphatic carbocycles. The van der Waals surface area contributed by atoms with Crippen LogP contribution >= 0.6 is 0 Å². The molecule has 168 valence electrons. The van der Waals surface area contributed by atoms with Gasteiger partial charge >= 0.3 is 0 Å². The number of piperidine rings is 1. The highest BCUT2D eigenvalue weighted by molar-refractivity contribution is 7.89. The number of carbonyl (C=O) groups is 1. The summed E-state index contributed by atoms with van der Waals surface area (Å²) in [5.74, 6) is 0.892. The molecule has 1 heterocycles. The van der Waals surface area contributed by atoms with Gasteiger partial charge in [0, 0.05) is 13.1 Å². The van der Waals surface area contributed by atoms with Gasteiger partial charge in [-0.25, -0.2) is 8.42 Å². The molecule has 1 saturated heterocycles. The quantitative estimate of drug-likeness (QED) is 0.631. The standard InChI is InChI=1S/C23H30N2O5S/c1-17-6-7-18(2)22(15-17)30-14-12-24-23(26)19-5-4-13-25(16-19)31(27,28)21-10-8-20(29-3)9-11-21/h6-11,15,19H,4-5,12-14,16H2,1-3H3,(H,24,26)/t19-/m0/s1. The van der Waals surface area contributed by atoms with Gasteiger partial charge in [-0.05, 0) is 68.1 Å². The van der Waals surface area contributed by atoms with Crippen molar-refractivity contribution < 1.29 is 22.7 Å². The second-order valence-corrected chi connectivity index (χ2v) is 9.72. The minimum Gasteiger partial charge on any atom is -0.497 e. The lowest BCUT2D eigenvalue weighted by Gasteiger charge is -2.31. The summed E-state index contributed by atoms with van der Waals surface area (Å²) in [7, 11) is -2.12. The fraction of sp³-hybridized carbons (Fsp3) is 0.435. The van der Waals surface area contributed by atoms with Crippen LogP contribution in [0.15, 0.2) is 47.4 Å². The minimum absolute atomic E-state index is 0.140. The maximum atomic E-state index is 13.0. The summed E-state index contributed by atoms with van der Waals surface area (Å²) < 4.78 is 38.2.